The number of carbonyl (C=O) groups is 1. The van der Waals surface area contributed by atoms with Gasteiger partial charge in [-0.05, 0) is 33.1 Å². The van der Waals surface area contributed by atoms with E-state index in [-0.39, 0.29) is 24.6 Å². The number of rotatable bonds is 3. The lowest BCUT2D eigenvalue weighted by atomic mass is 9.80. The van der Waals surface area contributed by atoms with E-state index < -0.39 is 23.6 Å². The second-order valence-electron chi connectivity index (χ2n) is 5.61. The zero-order valence-corrected chi connectivity index (χ0v) is 11.4. The standard InChI is InChI=1S/C12H19ClF3NO/c1-11(2,7-13)17-10(18)8-4-3-5-9(6-8)12(14,15)16/h8-9H,3-7H2,1-2H3,(H,17,18). The summed E-state index contributed by atoms with van der Waals surface area (Å²) in [5, 5.41) is 2.71. The summed E-state index contributed by atoms with van der Waals surface area (Å²) in [7, 11) is 0. The molecule has 1 aliphatic carbocycles. The van der Waals surface area contributed by atoms with Crippen LogP contribution in [0.25, 0.3) is 0 Å². The van der Waals surface area contributed by atoms with E-state index in [1.165, 1.54) is 0 Å². The van der Waals surface area contributed by atoms with E-state index in [1.807, 2.05) is 0 Å². The third kappa shape index (κ3) is 4.34. The first-order chi connectivity index (χ1) is 8.15. The fraction of sp³-hybridized carbons (Fsp3) is 0.917. The third-order valence-electron chi connectivity index (χ3n) is 3.30. The van der Waals surface area contributed by atoms with Crippen LogP contribution in [0, 0.1) is 11.8 Å². The molecule has 0 radical (unpaired) electrons. The summed E-state index contributed by atoms with van der Waals surface area (Å²) >= 11 is 5.68. The average molecular weight is 286 g/mol. The summed E-state index contributed by atoms with van der Waals surface area (Å²) in [4.78, 5) is 11.9. The minimum Gasteiger partial charge on any atom is -0.350 e. The molecule has 2 atom stereocenters. The molecule has 0 spiro atoms. The Morgan fingerprint density at radius 2 is 1.94 bits per heavy atom. The fourth-order valence-electron chi connectivity index (χ4n) is 2.19. The van der Waals surface area contributed by atoms with Gasteiger partial charge in [0.15, 0.2) is 0 Å². The predicted octanol–water partition coefficient (Wildman–Crippen LogP) is 3.49. The van der Waals surface area contributed by atoms with Crippen molar-refractivity contribution >= 4 is 17.5 Å². The van der Waals surface area contributed by atoms with Crippen LogP contribution in [0.1, 0.15) is 39.5 Å². The number of halogens is 4. The van der Waals surface area contributed by atoms with Crippen LogP contribution in [0.15, 0.2) is 0 Å². The van der Waals surface area contributed by atoms with Crippen LogP contribution in [-0.4, -0.2) is 23.5 Å². The molecule has 0 aliphatic heterocycles. The Kier molecular flexibility index (Phi) is 4.92. The molecule has 0 aromatic heterocycles. The summed E-state index contributed by atoms with van der Waals surface area (Å²) < 4.78 is 37.9. The van der Waals surface area contributed by atoms with Crippen molar-refractivity contribution in [2.75, 3.05) is 5.88 Å². The molecule has 0 aromatic rings. The number of amides is 1. The van der Waals surface area contributed by atoms with E-state index >= 15 is 0 Å². The van der Waals surface area contributed by atoms with E-state index in [2.05, 4.69) is 5.32 Å². The lowest BCUT2D eigenvalue weighted by Crippen LogP contribution is -2.48. The summed E-state index contributed by atoms with van der Waals surface area (Å²) in [5.41, 5.74) is -0.580. The topological polar surface area (TPSA) is 29.1 Å². The smallest absolute Gasteiger partial charge is 0.350 e. The maximum absolute atomic E-state index is 12.6. The Morgan fingerprint density at radius 1 is 1.33 bits per heavy atom. The monoisotopic (exact) mass is 285 g/mol. The highest BCUT2D eigenvalue weighted by molar-refractivity contribution is 6.18. The van der Waals surface area contributed by atoms with Gasteiger partial charge in [-0.1, -0.05) is 6.42 Å². The van der Waals surface area contributed by atoms with Gasteiger partial charge < -0.3 is 5.32 Å². The summed E-state index contributed by atoms with van der Waals surface area (Å²) in [6.07, 6.45) is -3.19. The first kappa shape index (κ1) is 15.6. The Labute approximate surface area is 110 Å². The van der Waals surface area contributed by atoms with Crippen LogP contribution in [-0.2, 0) is 4.79 Å². The van der Waals surface area contributed by atoms with Crippen LogP contribution in [0.2, 0.25) is 0 Å². The van der Waals surface area contributed by atoms with Crippen molar-refractivity contribution in [1.29, 1.82) is 0 Å². The zero-order chi connectivity index (χ0) is 14.0. The molecular weight excluding hydrogens is 267 g/mol. The lowest BCUT2D eigenvalue weighted by Gasteiger charge is -2.32. The molecule has 18 heavy (non-hydrogen) atoms. The molecule has 1 fully saturated rings. The van der Waals surface area contributed by atoms with E-state index in [0.29, 0.717) is 12.8 Å². The van der Waals surface area contributed by atoms with Crippen LogP contribution < -0.4 is 5.32 Å². The predicted molar refractivity (Wildman–Crippen MR) is 64.4 cm³/mol. The lowest BCUT2D eigenvalue weighted by molar-refractivity contribution is -0.186. The minimum absolute atomic E-state index is 0.103. The SMILES string of the molecule is CC(C)(CCl)NC(=O)C1CCCC(C(F)(F)F)C1. The second kappa shape index (κ2) is 5.68. The van der Waals surface area contributed by atoms with Crippen molar-refractivity contribution in [3.63, 3.8) is 0 Å². The summed E-state index contributed by atoms with van der Waals surface area (Å²) in [6, 6.07) is 0. The van der Waals surface area contributed by atoms with E-state index in [1.54, 1.807) is 13.8 Å². The fourth-order valence-corrected chi connectivity index (χ4v) is 2.26. The quantitative estimate of drug-likeness (QED) is 0.790. The van der Waals surface area contributed by atoms with Crippen molar-refractivity contribution < 1.29 is 18.0 Å². The number of carbonyl (C=O) groups excluding carboxylic acids is 1. The maximum Gasteiger partial charge on any atom is 0.391 e. The van der Waals surface area contributed by atoms with Crippen molar-refractivity contribution in [3.05, 3.63) is 0 Å². The van der Waals surface area contributed by atoms with E-state index in [0.717, 1.165) is 0 Å². The zero-order valence-electron chi connectivity index (χ0n) is 10.6. The summed E-state index contributed by atoms with van der Waals surface area (Å²) in [5.74, 6) is -1.97. The van der Waals surface area contributed by atoms with E-state index in [9.17, 15) is 18.0 Å². The Balaban J connectivity index is 2.59. The van der Waals surface area contributed by atoms with Gasteiger partial charge in [0.2, 0.25) is 5.91 Å². The van der Waals surface area contributed by atoms with Crippen LogP contribution in [0.5, 0.6) is 0 Å². The molecule has 0 heterocycles. The van der Waals surface area contributed by atoms with Crippen molar-refractivity contribution in [2.24, 2.45) is 11.8 Å². The number of nitrogens with one attached hydrogen (secondary N) is 1. The molecule has 1 N–H and O–H groups in total. The summed E-state index contributed by atoms with van der Waals surface area (Å²) in [6.45, 7) is 3.50. The molecule has 2 unspecified atom stereocenters. The van der Waals surface area contributed by atoms with E-state index in [4.69, 9.17) is 11.6 Å². The molecule has 1 amide bonds. The molecule has 106 valence electrons. The average Bonchev–Trinajstić information content (AvgIpc) is 2.27. The second-order valence-corrected chi connectivity index (χ2v) is 5.88. The Bertz CT molecular complexity index is 304. The number of alkyl halides is 4. The van der Waals surface area contributed by atoms with Gasteiger partial charge in [-0.3, -0.25) is 4.79 Å². The number of hydrogen-bond donors (Lipinski definition) is 1. The van der Waals surface area contributed by atoms with Gasteiger partial charge in [-0.15, -0.1) is 11.6 Å². The molecule has 0 aromatic carbocycles. The van der Waals surface area contributed by atoms with Crippen molar-refractivity contribution in [3.8, 4) is 0 Å². The Morgan fingerprint density at radius 3 is 2.44 bits per heavy atom. The van der Waals surface area contributed by atoms with Gasteiger partial charge in [0, 0.05) is 17.3 Å². The largest absolute Gasteiger partial charge is 0.391 e. The maximum atomic E-state index is 12.6. The first-order valence-electron chi connectivity index (χ1n) is 6.10. The highest BCUT2D eigenvalue weighted by Gasteiger charge is 2.43. The highest BCUT2D eigenvalue weighted by atomic mass is 35.5. The molecule has 0 bridgehead atoms. The normalized spacial score (nSPS) is 25.9. The van der Waals surface area contributed by atoms with Crippen molar-refractivity contribution in [2.45, 2.75) is 51.2 Å². The Hall–Kier alpha value is -0.450. The van der Waals surface area contributed by atoms with Gasteiger partial charge in [0.05, 0.1) is 5.92 Å². The number of hydrogen-bond acceptors (Lipinski definition) is 1. The third-order valence-corrected chi connectivity index (χ3v) is 3.97. The minimum atomic E-state index is -4.19. The molecule has 0 saturated heterocycles. The van der Waals surface area contributed by atoms with Gasteiger partial charge in [-0.2, -0.15) is 13.2 Å². The van der Waals surface area contributed by atoms with Crippen LogP contribution in [0.3, 0.4) is 0 Å². The molecule has 6 heteroatoms. The van der Waals surface area contributed by atoms with Gasteiger partial charge in [0.25, 0.3) is 0 Å². The molecule has 1 saturated carbocycles. The van der Waals surface area contributed by atoms with Gasteiger partial charge in [0.1, 0.15) is 0 Å². The molecule has 1 aliphatic rings. The molecular formula is C12H19ClF3NO. The molecule has 1 rings (SSSR count). The van der Waals surface area contributed by atoms with Crippen LogP contribution >= 0.6 is 11.6 Å². The first-order valence-corrected chi connectivity index (χ1v) is 6.64. The molecule has 2 nitrogen and oxygen atoms in total. The van der Waals surface area contributed by atoms with Crippen LogP contribution in [0.4, 0.5) is 13.2 Å². The van der Waals surface area contributed by atoms with Gasteiger partial charge in [-0.25, -0.2) is 0 Å². The van der Waals surface area contributed by atoms with Crippen molar-refractivity contribution in [1.82, 2.24) is 5.32 Å². The highest BCUT2D eigenvalue weighted by Crippen LogP contribution is 2.40. The van der Waals surface area contributed by atoms with Gasteiger partial charge >= 0.3 is 6.18 Å².